The highest BCUT2D eigenvalue weighted by Crippen LogP contribution is 2.36. The minimum Gasteiger partial charge on any atom is -0.487 e. The largest absolute Gasteiger partial charge is 0.487 e. The monoisotopic (exact) mass is 394 g/mol. The average Bonchev–Trinajstić information content (AvgIpc) is 2.72. The van der Waals surface area contributed by atoms with Crippen molar-refractivity contribution in [2.75, 3.05) is 0 Å². The van der Waals surface area contributed by atoms with Gasteiger partial charge in [0.15, 0.2) is 0 Å². The normalized spacial score (nSPS) is 22.7. The third-order valence-corrected chi connectivity index (χ3v) is 6.00. The third-order valence-electron chi connectivity index (χ3n) is 6.00. The van der Waals surface area contributed by atoms with Gasteiger partial charge in [-0.15, -0.1) is 0 Å². The van der Waals surface area contributed by atoms with E-state index in [0.717, 1.165) is 35.6 Å². The number of nitrogens with one attached hydrogen (secondary N) is 1. The lowest BCUT2D eigenvalue weighted by molar-refractivity contribution is 0.0927. The molecular weight excluding hydrogens is 360 g/mol. The van der Waals surface area contributed by atoms with Crippen molar-refractivity contribution in [2.24, 2.45) is 17.8 Å². The van der Waals surface area contributed by atoms with Crippen molar-refractivity contribution < 1.29 is 9.53 Å². The highest BCUT2D eigenvalue weighted by atomic mass is 16.5. The summed E-state index contributed by atoms with van der Waals surface area (Å²) in [6.07, 6.45) is 7.92. The number of nitrogens with zero attached hydrogens (tertiary/aromatic N) is 1. The van der Waals surface area contributed by atoms with Crippen molar-refractivity contribution in [1.82, 2.24) is 10.3 Å². The molecule has 1 fully saturated rings. The molecule has 0 aliphatic heterocycles. The van der Waals surface area contributed by atoms with E-state index in [9.17, 15) is 4.79 Å². The van der Waals surface area contributed by atoms with Crippen LogP contribution in [0.25, 0.3) is 0 Å². The summed E-state index contributed by atoms with van der Waals surface area (Å²) in [4.78, 5) is 17.0. The Labute approximate surface area is 175 Å². The second-order valence-electron chi connectivity index (χ2n) is 8.70. The maximum Gasteiger partial charge on any atom is 0.253 e. The summed E-state index contributed by atoms with van der Waals surface area (Å²) in [7, 11) is 0. The molecule has 4 unspecified atom stereocenters. The molecule has 0 saturated heterocycles. The zero-order chi connectivity index (χ0) is 20.6. The summed E-state index contributed by atoms with van der Waals surface area (Å²) in [6.45, 7) is 7.17. The van der Waals surface area contributed by atoms with E-state index in [1.807, 2.05) is 42.5 Å². The van der Waals surface area contributed by atoms with Gasteiger partial charge in [-0.3, -0.25) is 9.78 Å². The van der Waals surface area contributed by atoms with Gasteiger partial charge in [-0.05, 0) is 74.6 Å². The Morgan fingerprint density at radius 1 is 1.14 bits per heavy atom. The Kier molecular flexibility index (Phi) is 7.68. The van der Waals surface area contributed by atoms with Gasteiger partial charge in [0.25, 0.3) is 5.91 Å². The number of aromatic nitrogens is 1. The van der Waals surface area contributed by atoms with Crippen molar-refractivity contribution >= 4 is 5.91 Å². The van der Waals surface area contributed by atoms with Crippen LogP contribution in [0.4, 0.5) is 0 Å². The van der Waals surface area contributed by atoms with Gasteiger partial charge in [-0.25, -0.2) is 0 Å². The average molecular weight is 395 g/mol. The van der Waals surface area contributed by atoms with Crippen molar-refractivity contribution in [3.63, 3.8) is 0 Å². The number of pyridine rings is 1. The van der Waals surface area contributed by atoms with Crippen LogP contribution in [0.15, 0.2) is 48.7 Å². The first kappa shape index (κ1) is 21.4. The Hall–Kier alpha value is -2.36. The number of carbonyl (C=O) groups excluding carboxylic acids is 1. The van der Waals surface area contributed by atoms with Gasteiger partial charge in [-0.2, -0.15) is 0 Å². The van der Waals surface area contributed by atoms with Gasteiger partial charge in [0.1, 0.15) is 12.4 Å². The van der Waals surface area contributed by atoms with Gasteiger partial charge in [0.2, 0.25) is 0 Å². The summed E-state index contributed by atoms with van der Waals surface area (Å²) >= 11 is 0. The summed E-state index contributed by atoms with van der Waals surface area (Å²) in [5.41, 5.74) is 1.41. The van der Waals surface area contributed by atoms with E-state index >= 15 is 0 Å². The molecule has 0 radical (unpaired) electrons. The fraction of sp³-hybridized carbons (Fsp3) is 0.520. The molecule has 1 heterocycles. The lowest BCUT2D eigenvalue weighted by Gasteiger charge is -2.34. The second kappa shape index (κ2) is 10.4. The van der Waals surface area contributed by atoms with E-state index < -0.39 is 0 Å². The Balaban J connectivity index is 1.47. The third kappa shape index (κ3) is 6.59. The molecule has 2 aromatic rings. The molecule has 156 valence electrons. The summed E-state index contributed by atoms with van der Waals surface area (Å²) < 4.78 is 5.70. The molecule has 29 heavy (non-hydrogen) atoms. The number of amides is 1. The van der Waals surface area contributed by atoms with Crippen LogP contribution in [0.5, 0.6) is 5.75 Å². The molecule has 1 amide bonds. The van der Waals surface area contributed by atoms with Crippen LogP contribution >= 0.6 is 0 Å². The topological polar surface area (TPSA) is 51.2 Å². The first-order valence-corrected chi connectivity index (χ1v) is 11.0. The molecule has 0 spiro atoms. The second-order valence-corrected chi connectivity index (χ2v) is 8.70. The van der Waals surface area contributed by atoms with Crippen LogP contribution in [-0.4, -0.2) is 16.9 Å². The number of ether oxygens (including phenoxy) is 1. The van der Waals surface area contributed by atoms with Crippen LogP contribution in [0.3, 0.4) is 0 Å². The van der Waals surface area contributed by atoms with E-state index in [-0.39, 0.29) is 11.9 Å². The van der Waals surface area contributed by atoms with Crippen molar-refractivity contribution in [3.05, 3.63) is 59.9 Å². The van der Waals surface area contributed by atoms with E-state index in [2.05, 4.69) is 31.1 Å². The predicted octanol–water partition coefficient (Wildman–Crippen LogP) is 5.63. The standard InChI is InChI=1S/C25H34N2O2/c1-4-20-12-18(2)13-21(15-20)14-19(3)27-25(28)22-10-11-23(26-16-22)17-29-24-8-6-5-7-9-24/h5-11,16,18-21H,4,12-15,17H2,1-3H3,(H,27,28). The maximum atomic E-state index is 12.6. The first-order valence-electron chi connectivity index (χ1n) is 11.0. The molecule has 1 N–H and O–H groups in total. The van der Waals surface area contributed by atoms with Gasteiger partial charge >= 0.3 is 0 Å². The lowest BCUT2D eigenvalue weighted by Crippen LogP contribution is -2.35. The molecule has 1 saturated carbocycles. The number of benzene rings is 1. The molecule has 1 aromatic carbocycles. The van der Waals surface area contributed by atoms with Crippen LogP contribution in [0.1, 0.15) is 68.9 Å². The SMILES string of the molecule is CCC1CC(C)CC(CC(C)NC(=O)c2ccc(COc3ccccc3)nc2)C1. The van der Waals surface area contributed by atoms with E-state index in [1.165, 1.54) is 25.7 Å². The number of carbonyl (C=O) groups is 1. The van der Waals surface area contributed by atoms with Crippen molar-refractivity contribution in [2.45, 2.75) is 65.5 Å². The van der Waals surface area contributed by atoms with Crippen LogP contribution < -0.4 is 10.1 Å². The molecule has 1 aromatic heterocycles. The van der Waals surface area contributed by atoms with E-state index in [4.69, 9.17) is 4.74 Å². The fourth-order valence-corrected chi connectivity index (χ4v) is 4.61. The quantitative estimate of drug-likeness (QED) is 0.631. The van der Waals surface area contributed by atoms with Crippen LogP contribution in [0.2, 0.25) is 0 Å². The molecule has 4 atom stereocenters. The molecule has 0 bridgehead atoms. The van der Waals surface area contributed by atoms with Crippen molar-refractivity contribution in [1.29, 1.82) is 0 Å². The van der Waals surface area contributed by atoms with Crippen LogP contribution in [-0.2, 0) is 6.61 Å². The molecule has 4 heteroatoms. The Morgan fingerprint density at radius 2 is 1.90 bits per heavy atom. The Morgan fingerprint density at radius 3 is 2.59 bits per heavy atom. The van der Waals surface area contributed by atoms with E-state index in [1.54, 1.807) is 6.20 Å². The lowest BCUT2D eigenvalue weighted by atomic mass is 9.73. The fourth-order valence-electron chi connectivity index (χ4n) is 4.61. The van der Waals surface area contributed by atoms with Gasteiger partial charge in [0, 0.05) is 12.2 Å². The minimum absolute atomic E-state index is 0.0450. The number of hydrogen-bond acceptors (Lipinski definition) is 3. The summed E-state index contributed by atoms with van der Waals surface area (Å²) in [5, 5.41) is 3.16. The molecular formula is C25H34N2O2. The van der Waals surface area contributed by atoms with Crippen LogP contribution in [0, 0.1) is 17.8 Å². The predicted molar refractivity (Wildman–Crippen MR) is 117 cm³/mol. The zero-order valence-electron chi connectivity index (χ0n) is 17.9. The Bertz CT molecular complexity index is 760. The number of hydrogen-bond donors (Lipinski definition) is 1. The van der Waals surface area contributed by atoms with E-state index in [0.29, 0.717) is 12.2 Å². The highest BCUT2D eigenvalue weighted by molar-refractivity contribution is 5.94. The highest BCUT2D eigenvalue weighted by Gasteiger charge is 2.27. The number of para-hydroxylation sites is 1. The number of rotatable bonds is 8. The summed E-state index contributed by atoms with van der Waals surface area (Å²) in [5.74, 6) is 3.14. The first-order chi connectivity index (χ1) is 14.0. The van der Waals surface area contributed by atoms with Gasteiger partial charge < -0.3 is 10.1 Å². The smallest absolute Gasteiger partial charge is 0.253 e. The molecule has 4 nitrogen and oxygen atoms in total. The molecule has 1 aliphatic rings. The molecule has 1 aliphatic carbocycles. The van der Waals surface area contributed by atoms with Crippen molar-refractivity contribution in [3.8, 4) is 5.75 Å². The zero-order valence-corrected chi connectivity index (χ0v) is 17.9. The molecule has 3 rings (SSSR count). The minimum atomic E-state index is -0.0450. The maximum absolute atomic E-state index is 12.6. The van der Waals surface area contributed by atoms with Gasteiger partial charge in [0.05, 0.1) is 11.3 Å². The van der Waals surface area contributed by atoms with Gasteiger partial charge in [-0.1, -0.05) is 38.5 Å². The summed E-state index contributed by atoms with van der Waals surface area (Å²) in [6, 6.07) is 13.5.